The molecule has 0 aliphatic carbocycles. The van der Waals surface area contributed by atoms with Crippen molar-refractivity contribution in [1.82, 2.24) is 20.1 Å². The summed E-state index contributed by atoms with van der Waals surface area (Å²) in [5.74, 6) is 2.20. The van der Waals surface area contributed by atoms with Gasteiger partial charge in [0.25, 0.3) is 0 Å². The number of ether oxygens (including phenoxy) is 1. The van der Waals surface area contributed by atoms with Gasteiger partial charge in [-0.2, -0.15) is 0 Å². The molecule has 0 radical (unpaired) electrons. The Morgan fingerprint density at radius 3 is 2.52 bits per heavy atom. The van der Waals surface area contributed by atoms with Crippen molar-refractivity contribution in [3.8, 4) is 17.3 Å². The molecule has 4 aromatic rings. The van der Waals surface area contributed by atoms with Crippen LogP contribution in [-0.2, 0) is 11.3 Å². The predicted octanol–water partition coefficient (Wildman–Crippen LogP) is 3.87. The van der Waals surface area contributed by atoms with Crippen LogP contribution >= 0.6 is 11.8 Å². The molecule has 31 heavy (non-hydrogen) atoms. The lowest BCUT2D eigenvalue weighted by atomic mass is 10.2. The number of para-hydroxylation sites is 1. The number of carbonyl (C=O) groups is 1. The third-order valence-corrected chi connectivity index (χ3v) is 5.38. The zero-order valence-corrected chi connectivity index (χ0v) is 17.6. The van der Waals surface area contributed by atoms with Gasteiger partial charge in [-0.3, -0.25) is 9.36 Å². The minimum atomic E-state index is -0.0875. The number of carbonyl (C=O) groups excluding carboxylic acids is 1. The summed E-state index contributed by atoms with van der Waals surface area (Å²) in [6.45, 7) is 1.43. The van der Waals surface area contributed by atoms with Crippen molar-refractivity contribution >= 4 is 17.7 Å². The molecule has 4 rings (SSSR count). The van der Waals surface area contributed by atoms with Crippen LogP contribution in [0.2, 0.25) is 0 Å². The summed E-state index contributed by atoms with van der Waals surface area (Å²) in [5.41, 5.74) is 1.11. The van der Waals surface area contributed by atoms with Gasteiger partial charge in [-0.05, 0) is 29.8 Å². The highest BCUT2D eigenvalue weighted by molar-refractivity contribution is 7.99. The Morgan fingerprint density at radius 1 is 1.00 bits per heavy atom. The Bertz CT molecular complexity index is 1080. The fourth-order valence-electron chi connectivity index (χ4n) is 2.95. The Kier molecular flexibility index (Phi) is 7.02. The van der Waals surface area contributed by atoms with Crippen LogP contribution in [0.5, 0.6) is 5.75 Å². The number of benzene rings is 2. The van der Waals surface area contributed by atoms with E-state index in [9.17, 15) is 4.79 Å². The maximum Gasteiger partial charge on any atom is 0.230 e. The zero-order chi connectivity index (χ0) is 21.3. The lowest BCUT2D eigenvalue weighted by molar-refractivity contribution is -0.118. The highest BCUT2D eigenvalue weighted by Crippen LogP contribution is 2.25. The lowest BCUT2D eigenvalue weighted by Gasteiger charge is -2.10. The minimum absolute atomic E-state index is 0.0875. The molecule has 0 fully saturated rings. The normalized spacial score (nSPS) is 10.7. The van der Waals surface area contributed by atoms with E-state index in [1.165, 1.54) is 11.8 Å². The molecule has 8 heteroatoms. The predicted molar refractivity (Wildman–Crippen MR) is 119 cm³/mol. The van der Waals surface area contributed by atoms with Gasteiger partial charge in [0.1, 0.15) is 12.4 Å². The van der Waals surface area contributed by atoms with Gasteiger partial charge in [-0.25, -0.2) is 0 Å². The Balaban J connectivity index is 1.34. The molecule has 2 heterocycles. The fraction of sp³-hybridized carbons (Fsp3) is 0.174. The van der Waals surface area contributed by atoms with E-state index in [1.54, 1.807) is 6.26 Å². The number of thioether (sulfide) groups is 1. The zero-order valence-electron chi connectivity index (χ0n) is 16.8. The molecule has 1 N–H and O–H groups in total. The molecule has 158 valence electrons. The monoisotopic (exact) mass is 434 g/mol. The van der Waals surface area contributed by atoms with E-state index in [0.29, 0.717) is 36.4 Å². The van der Waals surface area contributed by atoms with Crippen LogP contribution in [0.4, 0.5) is 0 Å². The number of hydrogen-bond acceptors (Lipinski definition) is 6. The number of amides is 1. The van der Waals surface area contributed by atoms with Gasteiger partial charge in [-0.15, -0.1) is 10.2 Å². The van der Waals surface area contributed by atoms with Crippen LogP contribution in [-0.4, -0.2) is 39.6 Å². The van der Waals surface area contributed by atoms with Crippen LogP contribution in [0.3, 0.4) is 0 Å². The SMILES string of the molecule is O=C(CSc1nnc(-c2ccco2)n1Cc1ccccc1)NCCOc1ccccc1. The molecule has 2 aromatic heterocycles. The smallest absolute Gasteiger partial charge is 0.230 e. The first-order valence-corrected chi connectivity index (χ1v) is 10.9. The summed E-state index contributed by atoms with van der Waals surface area (Å²) < 4.78 is 13.1. The van der Waals surface area contributed by atoms with Gasteiger partial charge < -0.3 is 14.5 Å². The molecule has 0 aliphatic rings. The summed E-state index contributed by atoms with van der Waals surface area (Å²) in [7, 11) is 0. The number of nitrogens with zero attached hydrogens (tertiary/aromatic N) is 3. The van der Waals surface area contributed by atoms with E-state index in [2.05, 4.69) is 15.5 Å². The highest BCUT2D eigenvalue weighted by atomic mass is 32.2. The largest absolute Gasteiger partial charge is 0.492 e. The lowest BCUT2D eigenvalue weighted by Crippen LogP contribution is -2.29. The molecule has 0 saturated heterocycles. The van der Waals surface area contributed by atoms with Gasteiger partial charge >= 0.3 is 0 Å². The van der Waals surface area contributed by atoms with Crippen molar-refractivity contribution in [2.75, 3.05) is 18.9 Å². The number of aromatic nitrogens is 3. The maximum atomic E-state index is 12.3. The molecule has 7 nitrogen and oxygen atoms in total. The van der Waals surface area contributed by atoms with Crippen LogP contribution in [0.25, 0.3) is 11.6 Å². The minimum Gasteiger partial charge on any atom is -0.492 e. The van der Waals surface area contributed by atoms with E-state index >= 15 is 0 Å². The number of nitrogens with one attached hydrogen (secondary N) is 1. The average molecular weight is 435 g/mol. The van der Waals surface area contributed by atoms with Crippen LogP contribution in [0.1, 0.15) is 5.56 Å². The molecule has 0 spiro atoms. The molecule has 0 atom stereocenters. The van der Waals surface area contributed by atoms with Crippen molar-refractivity contribution in [3.63, 3.8) is 0 Å². The topological polar surface area (TPSA) is 82.2 Å². The van der Waals surface area contributed by atoms with Crippen LogP contribution in [0, 0.1) is 0 Å². The van der Waals surface area contributed by atoms with E-state index < -0.39 is 0 Å². The number of furan rings is 1. The first kappa shape index (κ1) is 20.7. The van der Waals surface area contributed by atoms with Crippen molar-refractivity contribution in [2.24, 2.45) is 0 Å². The summed E-state index contributed by atoms with van der Waals surface area (Å²) in [6, 6.07) is 23.2. The summed E-state index contributed by atoms with van der Waals surface area (Å²) >= 11 is 1.34. The third kappa shape index (κ3) is 5.76. The van der Waals surface area contributed by atoms with Crippen molar-refractivity contribution in [1.29, 1.82) is 0 Å². The van der Waals surface area contributed by atoms with E-state index in [-0.39, 0.29) is 11.7 Å². The first-order valence-electron chi connectivity index (χ1n) is 9.88. The third-order valence-electron chi connectivity index (χ3n) is 4.41. The van der Waals surface area contributed by atoms with Gasteiger partial charge in [0.15, 0.2) is 10.9 Å². The number of hydrogen-bond donors (Lipinski definition) is 1. The standard InChI is InChI=1S/C23H22N4O3S/c28-21(24-13-15-29-19-10-5-2-6-11-19)17-31-23-26-25-22(20-12-7-14-30-20)27(23)16-18-8-3-1-4-9-18/h1-12,14H,13,15-17H2,(H,24,28). The van der Waals surface area contributed by atoms with Crippen LogP contribution in [0.15, 0.2) is 88.6 Å². The molecule has 0 aliphatic heterocycles. The van der Waals surface area contributed by atoms with Crippen molar-refractivity contribution in [3.05, 3.63) is 84.6 Å². The average Bonchev–Trinajstić information content (AvgIpc) is 3.47. The molecule has 1 amide bonds. The van der Waals surface area contributed by atoms with E-state index in [4.69, 9.17) is 9.15 Å². The van der Waals surface area contributed by atoms with Gasteiger partial charge in [0.2, 0.25) is 11.7 Å². The van der Waals surface area contributed by atoms with Gasteiger partial charge in [0.05, 0.1) is 25.1 Å². The molecule has 0 unspecified atom stereocenters. The van der Waals surface area contributed by atoms with Crippen LogP contribution < -0.4 is 10.1 Å². The first-order chi connectivity index (χ1) is 15.3. The summed E-state index contributed by atoms with van der Waals surface area (Å²) in [5, 5.41) is 12.1. The van der Waals surface area contributed by atoms with Gasteiger partial charge in [0, 0.05) is 0 Å². The fourth-order valence-corrected chi connectivity index (χ4v) is 3.72. The molecular formula is C23H22N4O3S. The maximum absolute atomic E-state index is 12.3. The molecule has 0 saturated carbocycles. The summed E-state index contributed by atoms with van der Waals surface area (Å²) in [6.07, 6.45) is 1.61. The molecular weight excluding hydrogens is 412 g/mol. The Hall–Kier alpha value is -3.52. The highest BCUT2D eigenvalue weighted by Gasteiger charge is 2.17. The van der Waals surface area contributed by atoms with Gasteiger partial charge in [-0.1, -0.05) is 60.3 Å². The van der Waals surface area contributed by atoms with Crippen molar-refractivity contribution in [2.45, 2.75) is 11.7 Å². The second-order valence-electron chi connectivity index (χ2n) is 6.66. The van der Waals surface area contributed by atoms with E-state index in [1.807, 2.05) is 77.4 Å². The quantitative estimate of drug-likeness (QED) is 0.301. The second kappa shape index (κ2) is 10.5. The number of rotatable bonds is 10. The Morgan fingerprint density at radius 2 is 1.77 bits per heavy atom. The molecule has 0 bridgehead atoms. The molecule has 2 aromatic carbocycles. The summed E-state index contributed by atoms with van der Waals surface area (Å²) in [4.78, 5) is 12.3. The van der Waals surface area contributed by atoms with Crippen molar-refractivity contribution < 1.29 is 13.9 Å². The Labute approximate surface area is 184 Å². The van der Waals surface area contributed by atoms with E-state index in [0.717, 1.165) is 11.3 Å². The second-order valence-corrected chi connectivity index (χ2v) is 7.60.